The lowest BCUT2D eigenvalue weighted by atomic mass is 10.0. The summed E-state index contributed by atoms with van der Waals surface area (Å²) in [6, 6.07) is 1.87. The predicted octanol–water partition coefficient (Wildman–Crippen LogP) is 2.65. The lowest BCUT2D eigenvalue weighted by molar-refractivity contribution is 0.402. The van der Waals surface area contributed by atoms with Crippen LogP contribution in [0.2, 0.25) is 5.02 Å². The zero-order valence-corrected chi connectivity index (χ0v) is 12.1. The SMILES string of the molecule is COc1cc(C)c(OC)c(Cl)c1-c1cnn(C)c1N. The minimum atomic E-state index is 0.471. The third-order valence-corrected chi connectivity index (χ3v) is 3.41. The molecule has 5 nitrogen and oxygen atoms in total. The quantitative estimate of drug-likeness (QED) is 0.939. The molecule has 0 spiro atoms. The molecule has 1 heterocycles. The highest BCUT2D eigenvalue weighted by atomic mass is 35.5. The van der Waals surface area contributed by atoms with Crippen molar-refractivity contribution in [1.82, 2.24) is 9.78 Å². The van der Waals surface area contributed by atoms with E-state index in [1.165, 1.54) is 0 Å². The van der Waals surface area contributed by atoms with Crippen molar-refractivity contribution in [3.63, 3.8) is 0 Å². The van der Waals surface area contributed by atoms with Crippen LogP contribution in [-0.4, -0.2) is 24.0 Å². The second kappa shape index (κ2) is 5.01. The van der Waals surface area contributed by atoms with Gasteiger partial charge in [0.25, 0.3) is 0 Å². The van der Waals surface area contributed by atoms with Crippen LogP contribution < -0.4 is 15.2 Å². The third-order valence-electron chi connectivity index (χ3n) is 3.05. The van der Waals surface area contributed by atoms with Crippen molar-refractivity contribution in [3.8, 4) is 22.6 Å². The maximum absolute atomic E-state index is 6.42. The molecule has 1 aromatic heterocycles. The van der Waals surface area contributed by atoms with Crippen molar-refractivity contribution < 1.29 is 9.47 Å². The summed E-state index contributed by atoms with van der Waals surface area (Å²) < 4.78 is 12.3. The molecule has 0 amide bonds. The average molecular weight is 282 g/mol. The van der Waals surface area contributed by atoms with E-state index in [1.807, 2.05) is 13.0 Å². The van der Waals surface area contributed by atoms with Crippen molar-refractivity contribution in [2.45, 2.75) is 6.92 Å². The molecule has 2 rings (SSSR count). The molecule has 1 aromatic carbocycles. The first-order chi connectivity index (χ1) is 9.01. The first-order valence-electron chi connectivity index (χ1n) is 5.70. The van der Waals surface area contributed by atoms with Gasteiger partial charge in [0.15, 0.2) is 0 Å². The number of rotatable bonds is 3. The maximum Gasteiger partial charge on any atom is 0.141 e. The van der Waals surface area contributed by atoms with E-state index < -0.39 is 0 Å². The standard InChI is InChI=1S/C13H16ClN3O2/c1-7-5-9(18-3)10(11(14)12(7)19-4)8-6-16-17(2)13(8)15/h5-6H,15H2,1-4H3. The third kappa shape index (κ3) is 2.10. The molecular weight excluding hydrogens is 266 g/mol. The Morgan fingerprint density at radius 1 is 1.32 bits per heavy atom. The molecule has 19 heavy (non-hydrogen) atoms. The summed E-state index contributed by atoms with van der Waals surface area (Å²) in [5, 5.41) is 4.59. The van der Waals surface area contributed by atoms with Gasteiger partial charge in [0, 0.05) is 12.6 Å². The van der Waals surface area contributed by atoms with Gasteiger partial charge in [-0.15, -0.1) is 0 Å². The minimum Gasteiger partial charge on any atom is -0.496 e. The van der Waals surface area contributed by atoms with Crippen LogP contribution >= 0.6 is 11.6 Å². The van der Waals surface area contributed by atoms with E-state index in [0.717, 1.165) is 11.1 Å². The van der Waals surface area contributed by atoms with Crippen LogP contribution in [0, 0.1) is 6.92 Å². The van der Waals surface area contributed by atoms with Gasteiger partial charge < -0.3 is 15.2 Å². The van der Waals surface area contributed by atoms with Crippen LogP contribution in [0.1, 0.15) is 5.56 Å². The van der Waals surface area contributed by atoms with Crippen molar-refractivity contribution >= 4 is 17.4 Å². The highest BCUT2D eigenvalue weighted by Crippen LogP contribution is 2.45. The second-order valence-corrected chi connectivity index (χ2v) is 4.56. The Hall–Kier alpha value is -1.88. The topological polar surface area (TPSA) is 62.3 Å². The Bertz CT molecular complexity index is 623. The molecule has 0 aliphatic rings. The second-order valence-electron chi connectivity index (χ2n) is 4.19. The number of aromatic nitrogens is 2. The van der Waals surface area contributed by atoms with Crippen LogP contribution in [0.25, 0.3) is 11.1 Å². The maximum atomic E-state index is 6.42. The van der Waals surface area contributed by atoms with E-state index in [9.17, 15) is 0 Å². The Morgan fingerprint density at radius 3 is 2.47 bits per heavy atom. The number of nitrogens with two attached hydrogens (primary N) is 1. The molecule has 0 saturated carbocycles. The molecule has 0 radical (unpaired) electrons. The average Bonchev–Trinajstić information content (AvgIpc) is 2.70. The number of nitrogen functional groups attached to an aromatic ring is 1. The summed E-state index contributed by atoms with van der Waals surface area (Å²) >= 11 is 6.42. The lowest BCUT2D eigenvalue weighted by Gasteiger charge is -2.15. The number of hydrogen-bond donors (Lipinski definition) is 1. The largest absolute Gasteiger partial charge is 0.496 e. The van der Waals surface area contributed by atoms with Crippen molar-refractivity contribution in [2.75, 3.05) is 20.0 Å². The molecule has 2 aromatic rings. The molecule has 0 atom stereocenters. The predicted molar refractivity (Wildman–Crippen MR) is 75.9 cm³/mol. The molecule has 0 aliphatic carbocycles. The fourth-order valence-corrected chi connectivity index (χ4v) is 2.45. The van der Waals surface area contributed by atoms with Crippen LogP contribution in [0.15, 0.2) is 12.3 Å². The van der Waals surface area contributed by atoms with E-state index >= 15 is 0 Å². The van der Waals surface area contributed by atoms with Crippen molar-refractivity contribution in [2.24, 2.45) is 7.05 Å². The van der Waals surface area contributed by atoms with E-state index in [-0.39, 0.29) is 0 Å². The summed E-state index contributed by atoms with van der Waals surface area (Å²) in [6.45, 7) is 1.91. The fraction of sp³-hybridized carbons (Fsp3) is 0.308. The Balaban J connectivity index is 2.78. The first kappa shape index (κ1) is 13.5. The number of benzene rings is 1. The summed E-state index contributed by atoms with van der Waals surface area (Å²) in [6.07, 6.45) is 1.66. The van der Waals surface area contributed by atoms with Gasteiger partial charge in [-0.1, -0.05) is 11.6 Å². The number of methoxy groups -OCH3 is 2. The molecule has 2 N–H and O–H groups in total. The normalized spacial score (nSPS) is 10.6. The van der Waals surface area contributed by atoms with E-state index in [4.69, 9.17) is 26.8 Å². The molecule has 0 saturated heterocycles. The summed E-state index contributed by atoms with van der Waals surface area (Å²) in [5.41, 5.74) is 8.32. The van der Waals surface area contributed by atoms with Gasteiger partial charge in [-0.25, -0.2) is 0 Å². The Kier molecular flexibility index (Phi) is 3.57. The molecule has 0 fully saturated rings. The molecule has 102 valence electrons. The fourth-order valence-electron chi connectivity index (χ4n) is 2.03. The Labute approximate surface area is 116 Å². The molecule has 0 aliphatic heterocycles. The monoisotopic (exact) mass is 281 g/mol. The number of hydrogen-bond acceptors (Lipinski definition) is 4. The number of halogens is 1. The van der Waals surface area contributed by atoms with E-state index in [0.29, 0.717) is 27.9 Å². The summed E-state index contributed by atoms with van der Waals surface area (Å²) in [4.78, 5) is 0. The molecule has 6 heteroatoms. The summed E-state index contributed by atoms with van der Waals surface area (Å²) in [7, 11) is 4.94. The van der Waals surface area contributed by atoms with Crippen LogP contribution in [0.5, 0.6) is 11.5 Å². The van der Waals surface area contributed by atoms with Gasteiger partial charge in [-0.2, -0.15) is 5.10 Å². The first-order valence-corrected chi connectivity index (χ1v) is 6.08. The number of anilines is 1. The smallest absolute Gasteiger partial charge is 0.141 e. The van der Waals surface area contributed by atoms with Gasteiger partial charge in [0.1, 0.15) is 17.3 Å². The van der Waals surface area contributed by atoms with Crippen molar-refractivity contribution in [1.29, 1.82) is 0 Å². The zero-order chi connectivity index (χ0) is 14.2. The molecule has 0 bridgehead atoms. The van der Waals surface area contributed by atoms with Crippen LogP contribution in [0.4, 0.5) is 5.82 Å². The van der Waals surface area contributed by atoms with Gasteiger partial charge in [-0.05, 0) is 18.6 Å². The van der Waals surface area contributed by atoms with Gasteiger partial charge in [-0.3, -0.25) is 4.68 Å². The lowest BCUT2D eigenvalue weighted by Crippen LogP contribution is -2.00. The summed E-state index contributed by atoms with van der Waals surface area (Å²) in [5.74, 6) is 1.77. The van der Waals surface area contributed by atoms with Gasteiger partial charge >= 0.3 is 0 Å². The van der Waals surface area contributed by atoms with Crippen LogP contribution in [-0.2, 0) is 7.05 Å². The van der Waals surface area contributed by atoms with Gasteiger partial charge in [0.05, 0.1) is 31.0 Å². The number of nitrogens with zero attached hydrogens (tertiary/aromatic N) is 2. The minimum absolute atomic E-state index is 0.471. The zero-order valence-electron chi connectivity index (χ0n) is 11.3. The Morgan fingerprint density at radius 2 is 2.00 bits per heavy atom. The molecule has 0 unspecified atom stereocenters. The van der Waals surface area contributed by atoms with Crippen molar-refractivity contribution in [3.05, 3.63) is 22.8 Å². The number of ether oxygens (including phenoxy) is 2. The van der Waals surface area contributed by atoms with Gasteiger partial charge in [0.2, 0.25) is 0 Å². The molecular formula is C13H16ClN3O2. The van der Waals surface area contributed by atoms with E-state index in [1.54, 1.807) is 32.1 Å². The number of aryl methyl sites for hydroxylation is 2. The highest BCUT2D eigenvalue weighted by Gasteiger charge is 2.21. The van der Waals surface area contributed by atoms with Crippen LogP contribution in [0.3, 0.4) is 0 Å². The highest BCUT2D eigenvalue weighted by molar-refractivity contribution is 6.35. The van der Waals surface area contributed by atoms with E-state index in [2.05, 4.69) is 5.10 Å².